The van der Waals surface area contributed by atoms with Gasteiger partial charge in [0.15, 0.2) is 0 Å². The number of sulfonamides is 1. The molecule has 2 atom stereocenters. The van der Waals surface area contributed by atoms with Crippen molar-refractivity contribution < 1.29 is 13.2 Å². The number of carbonyl (C=O) groups is 1. The fourth-order valence-electron chi connectivity index (χ4n) is 4.53. The van der Waals surface area contributed by atoms with E-state index in [2.05, 4.69) is 29.3 Å². The minimum atomic E-state index is -3.91. The van der Waals surface area contributed by atoms with E-state index in [0.29, 0.717) is 11.6 Å². The molecule has 0 aromatic heterocycles. The zero-order valence-electron chi connectivity index (χ0n) is 20.3. The molecule has 2 unspecified atom stereocenters. The summed E-state index contributed by atoms with van der Waals surface area (Å²) in [5.74, 6) is 0.330. The largest absolute Gasteiger partial charge is 0.371 e. The van der Waals surface area contributed by atoms with Crippen LogP contribution < -0.4 is 14.5 Å². The Hall–Kier alpha value is -3.32. The first-order chi connectivity index (χ1) is 16.8. The number of nitrogens with zero attached hydrogens (tertiary/aromatic N) is 2. The summed E-state index contributed by atoms with van der Waals surface area (Å²) in [5.41, 5.74) is 2.62. The molecule has 6 nitrogen and oxygen atoms in total. The van der Waals surface area contributed by atoms with Gasteiger partial charge in [0.1, 0.15) is 6.54 Å². The molecule has 3 aromatic rings. The van der Waals surface area contributed by atoms with Gasteiger partial charge in [-0.05, 0) is 67.6 Å². The van der Waals surface area contributed by atoms with Gasteiger partial charge < -0.3 is 10.2 Å². The fourth-order valence-corrected chi connectivity index (χ4v) is 5.97. The van der Waals surface area contributed by atoms with Crippen LogP contribution in [0, 0.1) is 5.92 Å². The summed E-state index contributed by atoms with van der Waals surface area (Å²) in [4.78, 5) is 15.6. The molecule has 0 spiro atoms. The van der Waals surface area contributed by atoms with Gasteiger partial charge in [0.05, 0.1) is 16.6 Å². The van der Waals surface area contributed by atoms with Crippen molar-refractivity contribution in [2.75, 3.05) is 28.8 Å². The number of piperidine rings is 1. The molecule has 1 N–H and O–H groups in total. The first-order valence-corrected chi connectivity index (χ1v) is 13.6. The highest BCUT2D eigenvalue weighted by atomic mass is 32.2. The second kappa shape index (κ2) is 11.0. The highest BCUT2D eigenvalue weighted by Crippen LogP contribution is 2.26. The molecule has 1 aliphatic heterocycles. The fraction of sp³-hybridized carbons (Fsp3) is 0.321. The molecule has 3 aromatic carbocycles. The highest BCUT2D eigenvalue weighted by molar-refractivity contribution is 7.92. The molecule has 1 saturated heterocycles. The first kappa shape index (κ1) is 24.8. The Morgan fingerprint density at radius 2 is 1.63 bits per heavy atom. The van der Waals surface area contributed by atoms with Gasteiger partial charge in [-0.25, -0.2) is 8.42 Å². The summed E-state index contributed by atoms with van der Waals surface area (Å²) in [7, 11) is -3.91. The maximum absolute atomic E-state index is 13.4. The van der Waals surface area contributed by atoms with Crippen LogP contribution in [0.15, 0.2) is 89.8 Å². The standard InChI is InChI=1S/C28H33N3O3S/c1-22-10-9-19-30(20-22)25-17-15-24(16-18-25)23(2)29-28(32)21-31(26-11-5-3-6-12-26)35(33,34)27-13-7-4-8-14-27/h3-8,11-18,22-23H,9-10,19-21H2,1-2H3,(H,29,32). The lowest BCUT2D eigenvalue weighted by molar-refractivity contribution is -0.120. The number of para-hydroxylation sites is 1. The predicted molar refractivity (Wildman–Crippen MR) is 141 cm³/mol. The Morgan fingerprint density at radius 1 is 1.00 bits per heavy atom. The Balaban J connectivity index is 1.47. The average molecular weight is 492 g/mol. The molecule has 1 heterocycles. The number of hydrogen-bond donors (Lipinski definition) is 1. The summed E-state index contributed by atoms with van der Waals surface area (Å²) in [6, 6.07) is 24.9. The molecular formula is C28H33N3O3S. The van der Waals surface area contributed by atoms with E-state index in [0.717, 1.165) is 23.0 Å². The minimum Gasteiger partial charge on any atom is -0.371 e. The van der Waals surface area contributed by atoms with E-state index in [9.17, 15) is 13.2 Å². The molecule has 0 saturated carbocycles. The van der Waals surface area contributed by atoms with Gasteiger partial charge in [-0.2, -0.15) is 0 Å². The number of hydrogen-bond acceptors (Lipinski definition) is 4. The van der Waals surface area contributed by atoms with Gasteiger partial charge in [-0.3, -0.25) is 9.10 Å². The smallest absolute Gasteiger partial charge is 0.264 e. The average Bonchev–Trinajstić information content (AvgIpc) is 2.88. The van der Waals surface area contributed by atoms with Crippen LogP contribution >= 0.6 is 0 Å². The monoisotopic (exact) mass is 491 g/mol. The maximum atomic E-state index is 13.4. The topological polar surface area (TPSA) is 69.7 Å². The number of amides is 1. The summed E-state index contributed by atoms with van der Waals surface area (Å²) >= 11 is 0. The summed E-state index contributed by atoms with van der Waals surface area (Å²) in [6.07, 6.45) is 2.48. The Kier molecular flexibility index (Phi) is 7.76. The first-order valence-electron chi connectivity index (χ1n) is 12.1. The minimum absolute atomic E-state index is 0.146. The van der Waals surface area contributed by atoms with Gasteiger partial charge in [0.25, 0.3) is 10.0 Å². The van der Waals surface area contributed by atoms with E-state index in [1.807, 2.05) is 25.1 Å². The van der Waals surface area contributed by atoms with E-state index >= 15 is 0 Å². The Morgan fingerprint density at radius 3 is 2.26 bits per heavy atom. The molecule has 1 fully saturated rings. The van der Waals surface area contributed by atoms with Crippen LogP contribution in [0.4, 0.5) is 11.4 Å². The van der Waals surface area contributed by atoms with E-state index in [4.69, 9.17) is 0 Å². The van der Waals surface area contributed by atoms with Crippen molar-refractivity contribution in [1.82, 2.24) is 5.32 Å². The van der Waals surface area contributed by atoms with Crippen molar-refractivity contribution >= 4 is 27.3 Å². The summed E-state index contributed by atoms with van der Waals surface area (Å²) in [6.45, 7) is 6.02. The van der Waals surface area contributed by atoms with Crippen LogP contribution in [-0.4, -0.2) is 34.0 Å². The molecule has 0 radical (unpaired) electrons. The van der Waals surface area contributed by atoms with Crippen LogP contribution in [0.5, 0.6) is 0 Å². The molecule has 1 aliphatic rings. The van der Waals surface area contributed by atoms with Crippen LogP contribution in [-0.2, 0) is 14.8 Å². The third-order valence-electron chi connectivity index (χ3n) is 6.46. The third kappa shape index (κ3) is 6.03. The van der Waals surface area contributed by atoms with Crippen LogP contribution in [0.3, 0.4) is 0 Å². The number of rotatable bonds is 8. The molecule has 1 amide bonds. The van der Waals surface area contributed by atoms with Crippen molar-refractivity contribution in [2.45, 2.75) is 37.6 Å². The molecular weight excluding hydrogens is 458 g/mol. The zero-order chi connectivity index (χ0) is 24.8. The SMILES string of the molecule is CC1CCCN(c2ccc(C(C)NC(=O)CN(c3ccccc3)S(=O)(=O)c3ccccc3)cc2)C1. The number of anilines is 2. The molecule has 35 heavy (non-hydrogen) atoms. The lowest BCUT2D eigenvalue weighted by atomic mass is 9.99. The molecule has 0 bridgehead atoms. The predicted octanol–water partition coefficient (Wildman–Crippen LogP) is 5.00. The molecule has 0 aliphatic carbocycles. The number of benzene rings is 3. The lowest BCUT2D eigenvalue weighted by Gasteiger charge is -2.33. The summed E-state index contributed by atoms with van der Waals surface area (Å²) < 4.78 is 27.9. The van der Waals surface area contributed by atoms with E-state index in [1.165, 1.54) is 30.7 Å². The van der Waals surface area contributed by atoms with E-state index < -0.39 is 10.0 Å². The van der Waals surface area contributed by atoms with Gasteiger partial charge in [-0.1, -0.05) is 55.5 Å². The van der Waals surface area contributed by atoms with Crippen molar-refractivity contribution in [3.63, 3.8) is 0 Å². The van der Waals surface area contributed by atoms with Crippen molar-refractivity contribution in [3.05, 3.63) is 90.5 Å². The second-order valence-corrected chi connectivity index (χ2v) is 11.1. The van der Waals surface area contributed by atoms with Gasteiger partial charge in [0.2, 0.25) is 5.91 Å². The summed E-state index contributed by atoms with van der Waals surface area (Å²) in [5, 5.41) is 2.97. The quantitative estimate of drug-likeness (QED) is 0.482. The number of carbonyl (C=O) groups excluding carboxylic acids is 1. The number of nitrogens with one attached hydrogen (secondary N) is 1. The van der Waals surface area contributed by atoms with Crippen LogP contribution in [0.1, 0.15) is 38.3 Å². The second-order valence-electron chi connectivity index (χ2n) is 9.23. The van der Waals surface area contributed by atoms with Crippen LogP contribution in [0.2, 0.25) is 0 Å². The Bertz CT molecular complexity index is 1220. The highest BCUT2D eigenvalue weighted by Gasteiger charge is 2.27. The molecule has 4 rings (SSSR count). The van der Waals surface area contributed by atoms with Gasteiger partial charge >= 0.3 is 0 Å². The zero-order valence-corrected chi connectivity index (χ0v) is 21.1. The normalized spacial score (nSPS) is 17.0. The molecule has 184 valence electrons. The third-order valence-corrected chi connectivity index (χ3v) is 8.24. The lowest BCUT2D eigenvalue weighted by Crippen LogP contribution is -2.41. The van der Waals surface area contributed by atoms with Crippen LogP contribution in [0.25, 0.3) is 0 Å². The van der Waals surface area contributed by atoms with Gasteiger partial charge in [0, 0.05) is 18.8 Å². The van der Waals surface area contributed by atoms with Gasteiger partial charge in [-0.15, -0.1) is 0 Å². The van der Waals surface area contributed by atoms with E-state index in [1.54, 1.807) is 42.5 Å². The maximum Gasteiger partial charge on any atom is 0.264 e. The van der Waals surface area contributed by atoms with E-state index in [-0.39, 0.29) is 23.4 Å². The molecule has 7 heteroatoms. The van der Waals surface area contributed by atoms with Crippen molar-refractivity contribution in [1.29, 1.82) is 0 Å². The van der Waals surface area contributed by atoms with Crippen molar-refractivity contribution in [3.8, 4) is 0 Å². The van der Waals surface area contributed by atoms with Crippen molar-refractivity contribution in [2.24, 2.45) is 5.92 Å². The Labute approximate surface area is 208 Å².